The van der Waals surface area contributed by atoms with Crippen molar-refractivity contribution in [2.45, 2.75) is 0 Å². The Morgan fingerprint density at radius 2 is 2.00 bits per heavy atom. The maximum atomic E-state index is 5.27. The van der Waals surface area contributed by atoms with Gasteiger partial charge in [0.15, 0.2) is 0 Å². The molecule has 0 saturated heterocycles. The molecule has 0 aromatic carbocycles. The maximum Gasteiger partial charge on any atom is 0.0407 e. The molecule has 0 spiro atoms. The summed E-state index contributed by atoms with van der Waals surface area (Å²) >= 11 is 10.4. The van der Waals surface area contributed by atoms with Gasteiger partial charge in [-0.25, -0.2) is 0 Å². The molecule has 40 valence electrons. The number of rotatable bonds is 2. The topological polar surface area (TPSA) is 0 Å². The molecule has 0 aromatic rings. The van der Waals surface area contributed by atoms with Gasteiger partial charge in [-0.1, -0.05) is 29.8 Å². The van der Waals surface area contributed by atoms with Crippen LogP contribution in [-0.4, -0.2) is 5.88 Å². The van der Waals surface area contributed by atoms with E-state index in [0.717, 1.165) is 0 Å². The number of hydrogen-bond donors (Lipinski definition) is 0. The molecule has 0 atom stereocenters. The molecule has 0 saturated carbocycles. The van der Waals surface area contributed by atoms with Crippen LogP contribution in [0.4, 0.5) is 0 Å². The van der Waals surface area contributed by atoms with Gasteiger partial charge in [-0.3, -0.25) is 0 Å². The van der Waals surface area contributed by atoms with Crippen molar-refractivity contribution in [3.05, 3.63) is 23.8 Å². The molecule has 0 aliphatic rings. The quantitative estimate of drug-likeness (QED) is 0.405. The Balaban J connectivity index is 3.09. The van der Waals surface area contributed by atoms with Crippen LogP contribution in [0.1, 0.15) is 0 Å². The molecule has 0 fully saturated rings. The van der Waals surface area contributed by atoms with E-state index in [1.54, 1.807) is 18.2 Å². The smallest absolute Gasteiger partial charge is 0.0407 e. The average molecular weight is 137 g/mol. The predicted octanol–water partition coefficient (Wildman–Crippen LogP) is 2.53. The summed E-state index contributed by atoms with van der Waals surface area (Å²) in [5.74, 6) is 0.543. The van der Waals surface area contributed by atoms with Gasteiger partial charge in [-0.2, -0.15) is 0 Å². The SMILES string of the molecule is Cl/C=C/C=C\CCl. The van der Waals surface area contributed by atoms with Gasteiger partial charge >= 0.3 is 0 Å². The molecular weight excluding hydrogens is 131 g/mol. The van der Waals surface area contributed by atoms with Crippen molar-refractivity contribution in [2.75, 3.05) is 5.88 Å². The van der Waals surface area contributed by atoms with Crippen molar-refractivity contribution >= 4 is 23.2 Å². The fraction of sp³-hybridized carbons (Fsp3) is 0.200. The van der Waals surface area contributed by atoms with Gasteiger partial charge < -0.3 is 0 Å². The molecular formula is C5H6Cl2. The first kappa shape index (κ1) is 7.06. The normalized spacial score (nSPS) is 11.7. The fourth-order valence-corrected chi connectivity index (χ4v) is 0.359. The van der Waals surface area contributed by atoms with Crippen LogP contribution in [0.2, 0.25) is 0 Å². The second-order valence-corrected chi connectivity index (χ2v) is 1.46. The van der Waals surface area contributed by atoms with Gasteiger partial charge in [-0.15, -0.1) is 11.6 Å². The van der Waals surface area contributed by atoms with Crippen molar-refractivity contribution in [1.82, 2.24) is 0 Å². The zero-order valence-corrected chi connectivity index (χ0v) is 5.28. The zero-order valence-electron chi connectivity index (χ0n) is 3.77. The lowest BCUT2D eigenvalue weighted by Gasteiger charge is -1.68. The van der Waals surface area contributed by atoms with E-state index in [1.807, 2.05) is 0 Å². The van der Waals surface area contributed by atoms with Crippen molar-refractivity contribution < 1.29 is 0 Å². The number of alkyl halides is 1. The lowest BCUT2D eigenvalue weighted by molar-refractivity contribution is 1.74. The van der Waals surface area contributed by atoms with Gasteiger partial charge in [-0.05, 0) is 0 Å². The molecule has 0 bridgehead atoms. The minimum atomic E-state index is 0.543. The standard InChI is InChI=1S/C5H6Cl2/c6-4-2-1-3-5-7/h1-4H,5H2/b3-1-,4-2+. The molecule has 0 heterocycles. The first-order valence-electron chi connectivity index (χ1n) is 1.89. The van der Waals surface area contributed by atoms with E-state index in [4.69, 9.17) is 23.2 Å². The molecule has 0 aromatic heterocycles. The van der Waals surface area contributed by atoms with Crippen molar-refractivity contribution in [1.29, 1.82) is 0 Å². The van der Waals surface area contributed by atoms with Gasteiger partial charge in [0.2, 0.25) is 0 Å². The van der Waals surface area contributed by atoms with Gasteiger partial charge in [0.25, 0.3) is 0 Å². The Kier molecular flexibility index (Phi) is 6.11. The molecule has 7 heavy (non-hydrogen) atoms. The van der Waals surface area contributed by atoms with Crippen molar-refractivity contribution in [2.24, 2.45) is 0 Å². The van der Waals surface area contributed by atoms with Crippen LogP contribution in [0.25, 0.3) is 0 Å². The van der Waals surface area contributed by atoms with Crippen LogP contribution in [0.15, 0.2) is 23.8 Å². The van der Waals surface area contributed by atoms with E-state index in [1.165, 1.54) is 5.54 Å². The number of hydrogen-bond acceptors (Lipinski definition) is 0. The van der Waals surface area contributed by atoms with E-state index < -0.39 is 0 Å². The lowest BCUT2D eigenvalue weighted by Crippen LogP contribution is -1.53. The molecule has 0 unspecified atom stereocenters. The highest BCUT2D eigenvalue weighted by atomic mass is 35.5. The third-order valence-corrected chi connectivity index (χ3v) is 0.733. The number of halogens is 2. The predicted molar refractivity (Wildman–Crippen MR) is 34.9 cm³/mol. The van der Waals surface area contributed by atoms with Crippen LogP contribution in [0, 0.1) is 0 Å². The molecule has 0 aliphatic heterocycles. The highest BCUT2D eigenvalue weighted by molar-refractivity contribution is 6.25. The van der Waals surface area contributed by atoms with E-state index in [-0.39, 0.29) is 0 Å². The lowest BCUT2D eigenvalue weighted by atomic mass is 10.5. The van der Waals surface area contributed by atoms with Gasteiger partial charge in [0, 0.05) is 11.4 Å². The molecule has 0 nitrogen and oxygen atoms in total. The summed E-state index contributed by atoms with van der Waals surface area (Å²) < 4.78 is 0. The first-order chi connectivity index (χ1) is 3.41. The molecule has 0 N–H and O–H groups in total. The Morgan fingerprint density at radius 3 is 2.43 bits per heavy atom. The highest BCUT2D eigenvalue weighted by Crippen LogP contribution is 1.81. The maximum absolute atomic E-state index is 5.27. The Labute approximate surface area is 53.4 Å². The average Bonchev–Trinajstić information content (AvgIpc) is 1.69. The molecule has 0 radical (unpaired) electrons. The first-order valence-corrected chi connectivity index (χ1v) is 2.86. The monoisotopic (exact) mass is 136 g/mol. The minimum absolute atomic E-state index is 0.543. The second-order valence-electron chi connectivity index (χ2n) is 0.901. The van der Waals surface area contributed by atoms with Crippen LogP contribution in [-0.2, 0) is 0 Å². The van der Waals surface area contributed by atoms with Crippen LogP contribution >= 0.6 is 23.2 Å². The van der Waals surface area contributed by atoms with Crippen molar-refractivity contribution in [3.8, 4) is 0 Å². The highest BCUT2D eigenvalue weighted by Gasteiger charge is 1.60. The van der Waals surface area contributed by atoms with Gasteiger partial charge in [0.1, 0.15) is 0 Å². The Hall–Kier alpha value is 0.0600. The fourth-order valence-electron chi connectivity index (χ4n) is 0.172. The van der Waals surface area contributed by atoms with Crippen LogP contribution in [0.3, 0.4) is 0 Å². The number of allylic oxidation sites excluding steroid dienone is 3. The molecule has 0 amide bonds. The molecule has 2 heteroatoms. The summed E-state index contributed by atoms with van der Waals surface area (Å²) in [6.45, 7) is 0. The summed E-state index contributed by atoms with van der Waals surface area (Å²) in [5, 5.41) is 0. The van der Waals surface area contributed by atoms with Crippen LogP contribution < -0.4 is 0 Å². The molecule has 0 rings (SSSR count). The largest absolute Gasteiger partial charge is 0.122 e. The second kappa shape index (κ2) is 6.06. The van der Waals surface area contributed by atoms with E-state index in [9.17, 15) is 0 Å². The zero-order chi connectivity index (χ0) is 5.54. The summed E-state index contributed by atoms with van der Waals surface area (Å²) in [4.78, 5) is 0. The summed E-state index contributed by atoms with van der Waals surface area (Å²) in [7, 11) is 0. The van der Waals surface area contributed by atoms with E-state index in [2.05, 4.69) is 0 Å². The summed E-state index contributed by atoms with van der Waals surface area (Å²) in [6, 6.07) is 0. The Morgan fingerprint density at radius 1 is 1.29 bits per heavy atom. The van der Waals surface area contributed by atoms with E-state index >= 15 is 0 Å². The van der Waals surface area contributed by atoms with E-state index in [0.29, 0.717) is 5.88 Å². The third-order valence-electron chi connectivity index (χ3n) is 0.409. The third kappa shape index (κ3) is 6.06. The summed E-state index contributed by atoms with van der Waals surface area (Å²) in [5.41, 5.74) is 1.43. The Bertz CT molecular complexity index is 74.1. The molecule has 0 aliphatic carbocycles. The van der Waals surface area contributed by atoms with Gasteiger partial charge in [0.05, 0.1) is 0 Å². The minimum Gasteiger partial charge on any atom is -0.122 e. The summed E-state index contributed by atoms with van der Waals surface area (Å²) in [6.07, 6.45) is 5.31. The van der Waals surface area contributed by atoms with Crippen LogP contribution in [0.5, 0.6) is 0 Å². The van der Waals surface area contributed by atoms with Crippen molar-refractivity contribution in [3.63, 3.8) is 0 Å².